The Kier molecular flexibility index (Phi) is 7.55. The van der Waals surface area contributed by atoms with Gasteiger partial charge in [-0.25, -0.2) is 15.0 Å². The summed E-state index contributed by atoms with van der Waals surface area (Å²) in [6.45, 7) is 0. The third-order valence-corrected chi connectivity index (χ3v) is 6.88. The smallest absolute Gasteiger partial charge is 0.164 e. The molecule has 4 nitrogen and oxygen atoms in total. The molecule has 5 aromatic carbocycles. The number of fused-ring (bicyclic) bond motifs is 1. The molecule has 2 aromatic heterocycles. The summed E-state index contributed by atoms with van der Waals surface area (Å²) < 4.78 is 0. The fourth-order valence-electron chi connectivity index (χ4n) is 4.90. The molecular weight excluding hydrogens is 681 g/mol. The van der Waals surface area contributed by atoms with E-state index >= 15 is 0 Å². The Hall–Kier alpha value is -4.83. The van der Waals surface area contributed by atoms with Crippen LogP contribution >= 0.6 is 0 Å². The van der Waals surface area contributed by atoms with E-state index in [2.05, 4.69) is 48.5 Å². The van der Waals surface area contributed by atoms with E-state index in [0.29, 0.717) is 17.5 Å². The van der Waals surface area contributed by atoms with Gasteiger partial charge >= 0.3 is 0 Å². The molecule has 2 heterocycles. The first-order valence-electron chi connectivity index (χ1n) is 13.2. The summed E-state index contributed by atoms with van der Waals surface area (Å²) in [5.41, 5.74) is 6.78. The predicted octanol–water partition coefficient (Wildman–Crippen LogP) is 8.55. The second-order valence-corrected chi connectivity index (χ2v) is 9.49. The molecule has 0 bridgehead atoms. The van der Waals surface area contributed by atoms with Crippen molar-refractivity contribution in [3.8, 4) is 56.5 Å². The zero-order chi connectivity index (χ0) is 26.7. The zero-order valence-electron chi connectivity index (χ0n) is 21.9. The second-order valence-electron chi connectivity index (χ2n) is 9.49. The second kappa shape index (κ2) is 11.7. The number of benzene rings is 5. The van der Waals surface area contributed by atoms with Crippen LogP contribution < -0.4 is 0 Å². The van der Waals surface area contributed by atoms with E-state index in [-0.39, 0.29) is 20.1 Å². The summed E-state index contributed by atoms with van der Waals surface area (Å²) in [4.78, 5) is 19.5. The van der Waals surface area contributed by atoms with Gasteiger partial charge < -0.3 is 4.98 Å². The van der Waals surface area contributed by atoms with Crippen molar-refractivity contribution >= 4 is 10.8 Å². The topological polar surface area (TPSA) is 51.6 Å². The first-order chi connectivity index (χ1) is 19.8. The quantitative estimate of drug-likeness (QED) is 0.169. The average Bonchev–Trinajstić information content (AvgIpc) is 3.05. The van der Waals surface area contributed by atoms with Crippen LogP contribution in [0.3, 0.4) is 0 Å². The predicted molar refractivity (Wildman–Crippen MR) is 161 cm³/mol. The summed E-state index contributed by atoms with van der Waals surface area (Å²) in [5, 5.41) is 2.22. The molecule has 0 saturated heterocycles. The van der Waals surface area contributed by atoms with Gasteiger partial charge in [-0.15, -0.1) is 29.8 Å². The molecular formula is C36H23IrN4-. The molecule has 0 spiro atoms. The maximum Gasteiger partial charge on any atom is 0.164 e. The Morgan fingerprint density at radius 1 is 0.463 bits per heavy atom. The first-order valence-corrected chi connectivity index (χ1v) is 13.2. The molecule has 5 heteroatoms. The van der Waals surface area contributed by atoms with Crippen LogP contribution in [0.15, 0.2) is 140 Å². The maximum atomic E-state index is 4.97. The van der Waals surface area contributed by atoms with E-state index in [1.807, 2.05) is 97.2 Å². The van der Waals surface area contributed by atoms with Gasteiger partial charge in [0.1, 0.15) is 5.82 Å². The normalized spacial score (nSPS) is 10.7. The summed E-state index contributed by atoms with van der Waals surface area (Å²) in [6, 6.07) is 48.3. The van der Waals surface area contributed by atoms with Crippen LogP contribution in [0, 0.1) is 6.07 Å². The van der Waals surface area contributed by atoms with E-state index in [4.69, 9.17) is 19.9 Å². The standard InChI is InChI=1S/C36H23N4.Ir/c1-3-11-25(12-4-1)28-16-9-18-30(23-28)35-38-34(27-14-5-2-6-15-27)39-36(40-35)31-19-10-17-29(24-31)33-32-20-8-7-13-26(32)21-22-37-33;/h1-16,18-24H;/q-1;. The van der Waals surface area contributed by atoms with Crippen LogP contribution in [-0.4, -0.2) is 19.9 Å². The molecule has 7 aromatic rings. The van der Waals surface area contributed by atoms with Gasteiger partial charge in [0, 0.05) is 37.4 Å². The molecule has 0 aliphatic heterocycles. The Morgan fingerprint density at radius 3 is 1.80 bits per heavy atom. The maximum absolute atomic E-state index is 4.97. The van der Waals surface area contributed by atoms with Crippen molar-refractivity contribution < 1.29 is 20.1 Å². The molecule has 7 rings (SSSR count). The SMILES string of the molecule is [Ir].[c-]1ccc(-c2nc(-c3ccccc3)nc(-c3cccc(-c4ccccc4)c3)n2)cc1-c1nccc2ccccc12. The summed E-state index contributed by atoms with van der Waals surface area (Å²) in [7, 11) is 0. The van der Waals surface area contributed by atoms with Gasteiger partial charge in [0.2, 0.25) is 0 Å². The molecule has 0 N–H and O–H groups in total. The third kappa shape index (κ3) is 5.46. The molecule has 0 amide bonds. The van der Waals surface area contributed by atoms with Crippen molar-refractivity contribution in [3.63, 3.8) is 0 Å². The molecule has 0 atom stereocenters. The molecule has 0 unspecified atom stereocenters. The van der Waals surface area contributed by atoms with Crippen molar-refractivity contribution in [2.75, 3.05) is 0 Å². The van der Waals surface area contributed by atoms with Gasteiger partial charge in [-0.05, 0) is 39.7 Å². The van der Waals surface area contributed by atoms with E-state index in [0.717, 1.165) is 49.8 Å². The number of rotatable bonds is 5. The van der Waals surface area contributed by atoms with Gasteiger partial charge in [0.25, 0.3) is 0 Å². The van der Waals surface area contributed by atoms with Crippen molar-refractivity contribution in [2.24, 2.45) is 0 Å². The van der Waals surface area contributed by atoms with Crippen LogP contribution in [0.25, 0.3) is 67.3 Å². The van der Waals surface area contributed by atoms with E-state index in [1.165, 1.54) is 0 Å². The van der Waals surface area contributed by atoms with Gasteiger partial charge in [0.05, 0.1) is 0 Å². The summed E-state index contributed by atoms with van der Waals surface area (Å²) in [6.07, 6.45) is 1.84. The van der Waals surface area contributed by atoms with Gasteiger partial charge in [0.15, 0.2) is 11.6 Å². The molecule has 0 fully saturated rings. The largest absolute Gasteiger partial charge is 0.304 e. The minimum absolute atomic E-state index is 0. The Balaban J connectivity index is 0.00000302. The van der Waals surface area contributed by atoms with E-state index in [1.54, 1.807) is 0 Å². The number of aromatic nitrogens is 4. The summed E-state index contributed by atoms with van der Waals surface area (Å²) in [5.74, 6) is 1.85. The average molecular weight is 704 g/mol. The Morgan fingerprint density at radius 2 is 1.05 bits per heavy atom. The molecule has 0 aliphatic rings. The molecule has 197 valence electrons. The van der Waals surface area contributed by atoms with Crippen molar-refractivity contribution in [2.45, 2.75) is 0 Å². The molecule has 0 saturated carbocycles. The van der Waals surface area contributed by atoms with Gasteiger partial charge in [-0.1, -0.05) is 109 Å². The van der Waals surface area contributed by atoms with Crippen LogP contribution in [0.4, 0.5) is 0 Å². The van der Waals surface area contributed by atoms with Crippen LogP contribution in [0.1, 0.15) is 0 Å². The van der Waals surface area contributed by atoms with Gasteiger partial charge in [-0.2, -0.15) is 0 Å². The minimum Gasteiger partial charge on any atom is -0.304 e. The van der Waals surface area contributed by atoms with Crippen molar-refractivity contribution in [1.29, 1.82) is 0 Å². The van der Waals surface area contributed by atoms with Crippen molar-refractivity contribution in [1.82, 2.24) is 19.9 Å². The Bertz CT molecular complexity index is 1950. The number of hydrogen-bond donors (Lipinski definition) is 0. The number of nitrogens with zero attached hydrogens (tertiary/aromatic N) is 4. The van der Waals surface area contributed by atoms with Crippen LogP contribution in [0.5, 0.6) is 0 Å². The zero-order valence-corrected chi connectivity index (χ0v) is 24.3. The Labute approximate surface area is 252 Å². The third-order valence-electron chi connectivity index (χ3n) is 6.88. The minimum atomic E-state index is 0. The summed E-state index contributed by atoms with van der Waals surface area (Å²) >= 11 is 0. The fraction of sp³-hybridized carbons (Fsp3) is 0. The van der Waals surface area contributed by atoms with Crippen molar-refractivity contribution in [3.05, 3.63) is 146 Å². The first kappa shape index (κ1) is 26.4. The number of hydrogen-bond acceptors (Lipinski definition) is 4. The monoisotopic (exact) mass is 704 g/mol. The molecule has 41 heavy (non-hydrogen) atoms. The van der Waals surface area contributed by atoms with E-state index in [9.17, 15) is 0 Å². The fourth-order valence-corrected chi connectivity index (χ4v) is 4.90. The van der Waals surface area contributed by atoms with Crippen LogP contribution in [-0.2, 0) is 20.1 Å². The molecule has 0 aliphatic carbocycles. The van der Waals surface area contributed by atoms with E-state index < -0.39 is 0 Å². The van der Waals surface area contributed by atoms with Crippen LogP contribution in [0.2, 0.25) is 0 Å². The number of pyridine rings is 1. The van der Waals surface area contributed by atoms with Gasteiger partial charge in [-0.3, -0.25) is 0 Å². The molecule has 1 radical (unpaired) electrons.